The first-order chi connectivity index (χ1) is 6.24. The Balaban J connectivity index is 2.35. The van der Waals surface area contributed by atoms with Crippen LogP contribution >= 0.6 is 15.9 Å². The minimum Gasteiger partial charge on any atom is -0.453 e. The summed E-state index contributed by atoms with van der Waals surface area (Å²) in [6.45, 7) is 0.746. The van der Waals surface area contributed by atoms with Crippen molar-refractivity contribution in [3.8, 4) is 0 Å². The monoisotopic (exact) mass is 247 g/mol. The van der Waals surface area contributed by atoms with E-state index in [1.807, 2.05) is 12.1 Å². The lowest BCUT2D eigenvalue weighted by atomic mass is 10.1. The highest BCUT2D eigenvalue weighted by molar-refractivity contribution is 9.10. The highest BCUT2D eigenvalue weighted by atomic mass is 79.9. The van der Waals surface area contributed by atoms with Gasteiger partial charge in [0, 0.05) is 13.7 Å². The molecule has 1 rings (SSSR count). The maximum Gasteiger partial charge on any atom is 0.169 e. The fourth-order valence-electron chi connectivity index (χ4n) is 1.12. The Hall–Kier alpha value is -0.320. The first kappa shape index (κ1) is 10.8. The molecule has 1 atom stereocenters. The fourth-order valence-corrected chi connectivity index (χ4v) is 1.44. The Labute approximate surface area is 86.4 Å². The van der Waals surface area contributed by atoms with Crippen molar-refractivity contribution in [1.29, 1.82) is 0 Å². The molecule has 0 aromatic carbocycles. The van der Waals surface area contributed by atoms with Crippen LogP contribution in [0, 0.1) is 0 Å². The molecule has 3 nitrogen and oxygen atoms in total. The second kappa shape index (κ2) is 5.42. The molecule has 13 heavy (non-hydrogen) atoms. The zero-order valence-corrected chi connectivity index (χ0v) is 9.21. The molecular weight excluding hydrogens is 234 g/mol. The molecule has 2 N–H and O–H groups in total. The van der Waals surface area contributed by atoms with E-state index in [2.05, 4.69) is 15.9 Å². The molecule has 74 valence electrons. The van der Waals surface area contributed by atoms with Crippen LogP contribution in [-0.2, 0) is 4.74 Å². The number of furan rings is 1. The van der Waals surface area contributed by atoms with Crippen LogP contribution < -0.4 is 5.73 Å². The van der Waals surface area contributed by atoms with E-state index in [0.717, 1.165) is 29.9 Å². The summed E-state index contributed by atoms with van der Waals surface area (Å²) < 4.78 is 11.0. The third kappa shape index (κ3) is 3.50. The smallest absolute Gasteiger partial charge is 0.169 e. The molecule has 1 unspecified atom stereocenters. The van der Waals surface area contributed by atoms with Gasteiger partial charge in [-0.3, -0.25) is 0 Å². The maximum absolute atomic E-state index is 5.88. The number of rotatable bonds is 5. The van der Waals surface area contributed by atoms with Crippen LogP contribution in [0.2, 0.25) is 0 Å². The van der Waals surface area contributed by atoms with Crippen molar-refractivity contribution in [3.05, 3.63) is 22.6 Å². The van der Waals surface area contributed by atoms with Crippen molar-refractivity contribution in [2.75, 3.05) is 13.7 Å². The second-order valence-corrected chi connectivity index (χ2v) is 3.66. The zero-order valence-electron chi connectivity index (χ0n) is 7.63. The van der Waals surface area contributed by atoms with Crippen LogP contribution in [0.25, 0.3) is 0 Å². The van der Waals surface area contributed by atoms with E-state index in [0.29, 0.717) is 0 Å². The van der Waals surface area contributed by atoms with Crippen molar-refractivity contribution in [3.63, 3.8) is 0 Å². The molecule has 0 radical (unpaired) electrons. The first-order valence-corrected chi connectivity index (χ1v) is 5.03. The van der Waals surface area contributed by atoms with Gasteiger partial charge in [0.25, 0.3) is 0 Å². The van der Waals surface area contributed by atoms with Crippen LogP contribution in [0.4, 0.5) is 0 Å². The SMILES string of the molecule is COCCCC(N)c1ccc(Br)o1. The summed E-state index contributed by atoms with van der Waals surface area (Å²) in [5.74, 6) is 0.822. The van der Waals surface area contributed by atoms with E-state index < -0.39 is 0 Å². The third-order valence-corrected chi connectivity index (χ3v) is 2.25. The highest BCUT2D eigenvalue weighted by Crippen LogP contribution is 2.21. The topological polar surface area (TPSA) is 48.4 Å². The first-order valence-electron chi connectivity index (χ1n) is 4.24. The standard InChI is InChI=1S/C9H14BrNO2/c1-12-6-2-3-7(11)8-4-5-9(10)13-8/h4-5,7H,2-3,6,11H2,1H3. The van der Waals surface area contributed by atoms with Gasteiger partial charge in [-0.1, -0.05) is 0 Å². The number of halogens is 1. The number of nitrogens with two attached hydrogens (primary N) is 1. The molecule has 0 aliphatic carbocycles. The Bertz CT molecular complexity index is 250. The van der Waals surface area contributed by atoms with Gasteiger partial charge in [0.05, 0.1) is 6.04 Å². The van der Waals surface area contributed by atoms with Crippen LogP contribution in [-0.4, -0.2) is 13.7 Å². The third-order valence-electron chi connectivity index (χ3n) is 1.82. The molecule has 1 aromatic heterocycles. The largest absolute Gasteiger partial charge is 0.453 e. The summed E-state index contributed by atoms with van der Waals surface area (Å²) in [4.78, 5) is 0. The summed E-state index contributed by atoms with van der Waals surface area (Å²) >= 11 is 3.24. The lowest BCUT2D eigenvalue weighted by molar-refractivity contribution is 0.189. The van der Waals surface area contributed by atoms with E-state index in [9.17, 15) is 0 Å². The minimum atomic E-state index is -0.0264. The quantitative estimate of drug-likeness (QED) is 0.814. The molecular formula is C9H14BrNO2. The molecule has 0 bridgehead atoms. The summed E-state index contributed by atoms with van der Waals surface area (Å²) in [6, 6.07) is 3.72. The predicted octanol–water partition coefficient (Wildman–Crippen LogP) is 2.47. The molecule has 0 aliphatic rings. The van der Waals surface area contributed by atoms with Gasteiger partial charge < -0.3 is 14.9 Å². The Morgan fingerprint density at radius 1 is 1.62 bits per heavy atom. The molecule has 4 heteroatoms. The lowest BCUT2D eigenvalue weighted by Gasteiger charge is -2.07. The van der Waals surface area contributed by atoms with Crippen LogP contribution in [0.3, 0.4) is 0 Å². The molecule has 0 amide bonds. The van der Waals surface area contributed by atoms with E-state index in [4.69, 9.17) is 14.9 Å². The lowest BCUT2D eigenvalue weighted by Crippen LogP contribution is -2.09. The molecule has 0 aliphatic heterocycles. The summed E-state index contributed by atoms with van der Waals surface area (Å²) in [5.41, 5.74) is 5.88. The van der Waals surface area contributed by atoms with Crippen molar-refractivity contribution >= 4 is 15.9 Å². The predicted molar refractivity (Wildman–Crippen MR) is 54.4 cm³/mol. The van der Waals surface area contributed by atoms with Gasteiger partial charge in [-0.2, -0.15) is 0 Å². The Morgan fingerprint density at radius 2 is 2.38 bits per heavy atom. The minimum absolute atomic E-state index is 0.0264. The van der Waals surface area contributed by atoms with Gasteiger partial charge in [-0.05, 0) is 40.9 Å². The number of hydrogen-bond donors (Lipinski definition) is 1. The van der Waals surface area contributed by atoms with Crippen molar-refractivity contribution in [2.45, 2.75) is 18.9 Å². The maximum atomic E-state index is 5.88. The Morgan fingerprint density at radius 3 is 2.92 bits per heavy atom. The Kier molecular flexibility index (Phi) is 4.48. The van der Waals surface area contributed by atoms with Gasteiger partial charge in [0.2, 0.25) is 0 Å². The van der Waals surface area contributed by atoms with Gasteiger partial charge in [0.1, 0.15) is 5.76 Å². The summed E-state index contributed by atoms with van der Waals surface area (Å²) in [6.07, 6.45) is 1.84. The normalized spacial score (nSPS) is 13.2. The van der Waals surface area contributed by atoms with Gasteiger partial charge in [0.15, 0.2) is 4.67 Å². The van der Waals surface area contributed by atoms with Gasteiger partial charge in [-0.15, -0.1) is 0 Å². The van der Waals surface area contributed by atoms with Gasteiger partial charge in [-0.25, -0.2) is 0 Å². The molecule has 1 aromatic rings. The van der Waals surface area contributed by atoms with Gasteiger partial charge >= 0.3 is 0 Å². The van der Waals surface area contributed by atoms with Crippen molar-refractivity contribution in [2.24, 2.45) is 5.73 Å². The van der Waals surface area contributed by atoms with E-state index >= 15 is 0 Å². The van der Waals surface area contributed by atoms with E-state index in [1.165, 1.54) is 0 Å². The van der Waals surface area contributed by atoms with Crippen molar-refractivity contribution in [1.82, 2.24) is 0 Å². The fraction of sp³-hybridized carbons (Fsp3) is 0.556. The summed E-state index contributed by atoms with van der Waals surface area (Å²) in [7, 11) is 1.69. The molecule has 0 saturated carbocycles. The molecule has 1 heterocycles. The number of hydrogen-bond acceptors (Lipinski definition) is 3. The average molecular weight is 248 g/mol. The van der Waals surface area contributed by atoms with Crippen LogP contribution in [0.1, 0.15) is 24.6 Å². The number of ether oxygens (including phenoxy) is 1. The van der Waals surface area contributed by atoms with Crippen LogP contribution in [0.15, 0.2) is 21.2 Å². The average Bonchev–Trinajstić information content (AvgIpc) is 2.52. The highest BCUT2D eigenvalue weighted by Gasteiger charge is 2.09. The van der Waals surface area contributed by atoms with E-state index in [1.54, 1.807) is 7.11 Å². The van der Waals surface area contributed by atoms with Crippen LogP contribution in [0.5, 0.6) is 0 Å². The molecule has 0 fully saturated rings. The molecule has 0 saturated heterocycles. The summed E-state index contributed by atoms with van der Waals surface area (Å²) in [5, 5.41) is 0. The van der Waals surface area contributed by atoms with Crippen molar-refractivity contribution < 1.29 is 9.15 Å². The number of methoxy groups -OCH3 is 1. The second-order valence-electron chi connectivity index (χ2n) is 2.88. The zero-order chi connectivity index (χ0) is 9.68. The van der Waals surface area contributed by atoms with E-state index in [-0.39, 0.29) is 6.04 Å². The molecule has 0 spiro atoms.